The summed E-state index contributed by atoms with van der Waals surface area (Å²) in [5.74, 6) is 6.94. The van der Waals surface area contributed by atoms with Gasteiger partial charge in [0.25, 0.3) is 0 Å². The molecular weight excluding hydrogens is 1750 g/mol. The summed E-state index contributed by atoms with van der Waals surface area (Å²) in [6.45, 7) is 45.3. The lowest BCUT2D eigenvalue weighted by Gasteiger charge is -2.38. The zero-order valence-electron chi connectivity index (χ0n) is 80.6. The molecule has 132 heavy (non-hydrogen) atoms. The maximum Gasteiger partial charge on any atom is 0.226 e. The molecule has 2 N–H and O–H groups in total. The molecule has 4 aromatic carbocycles. The number of rotatable bonds is 24. The van der Waals surface area contributed by atoms with Crippen LogP contribution in [-0.2, 0) is 91.2 Å². The van der Waals surface area contributed by atoms with Gasteiger partial charge in [0.1, 0.15) is 23.3 Å². The van der Waals surface area contributed by atoms with Crippen LogP contribution >= 0.6 is 0 Å². The number of fused-ring (bicyclic) bond motifs is 12. The molecule has 708 valence electrons. The number of hydrogen-bond donors (Lipinski definition) is 2. The van der Waals surface area contributed by atoms with E-state index in [1.807, 2.05) is 107 Å². The van der Waals surface area contributed by atoms with Gasteiger partial charge in [0, 0.05) is 138 Å². The number of aliphatic hydroxyl groups excluding tert-OH is 2. The Kier molecular flexibility index (Phi) is 29.3. The molecule has 0 bridgehead atoms. The van der Waals surface area contributed by atoms with Crippen LogP contribution in [0.3, 0.4) is 0 Å². The van der Waals surface area contributed by atoms with Crippen molar-refractivity contribution in [3.8, 4) is 0 Å². The molecule has 4 aliphatic rings. The first kappa shape index (κ1) is 98.8. The minimum Gasteiger partial charge on any atom is -0.388 e. The number of carbonyl (C=O) groups excluding carboxylic acids is 2. The van der Waals surface area contributed by atoms with Gasteiger partial charge in [-0.15, -0.1) is 0 Å². The minimum atomic E-state index is -3.34. The Morgan fingerprint density at radius 1 is 0.333 bits per heavy atom. The Bertz CT molecular complexity index is 6510. The Labute approximate surface area is 775 Å². The molecule has 16 rings (SSSR count). The van der Waals surface area contributed by atoms with Crippen molar-refractivity contribution in [3.63, 3.8) is 0 Å². The monoisotopic (exact) mass is 1880 g/mol. The van der Waals surface area contributed by atoms with Gasteiger partial charge in [0.15, 0.2) is 50.9 Å². The number of aromatic nitrogens is 16. The first-order chi connectivity index (χ1) is 62.2. The van der Waals surface area contributed by atoms with E-state index in [0.29, 0.717) is 170 Å². The van der Waals surface area contributed by atoms with Crippen LogP contribution in [0.1, 0.15) is 273 Å². The summed E-state index contributed by atoms with van der Waals surface area (Å²) in [5.41, 5.74) is 15.4. The summed E-state index contributed by atoms with van der Waals surface area (Å²) in [4.78, 5) is 91.5. The molecule has 6 atom stereocenters. The third-order valence-corrected chi connectivity index (χ3v) is 30.6. The molecule has 36 heteroatoms. The maximum absolute atomic E-state index is 12.4. The Balaban J connectivity index is 0.000000150. The molecule has 4 aliphatic heterocycles. The van der Waals surface area contributed by atoms with Crippen molar-refractivity contribution in [3.05, 3.63) is 164 Å². The van der Waals surface area contributed by atoms with Crippen LogP contribution in [0.4, 0.5) is 23.8 Å². The van der Waals surface area contributed by atoms with Crippen LogP contribution in [0.15, 0.2) is 92.9 Å². The zero-order chi connectivity index (χ0) is 96.3. The van der Waals surface area contributed by atoms with Crippen molar-refractivity contribution in [1.29, 1.82) is 0 Å². The molecular formula is C96H128N20O12S4. The second-order valence-electron chi connectivity index (χ2n) is 36.5. The molecule has 0 radical (unpaired) electrons. The van der Waals surface area contributed by atoms with Gasteiger partial charge in [-0.05, 0) is 161 Å². The van der Waals surface area contributed by atoms with Gasteiger partial charge < -0.3 is 48.1 Å². The second-order valence-corrected chi connectivity index (χ2v) is 44.4. The molecule has 0 saturated carbocycles. The Hall–Kier alpha value is -10.7. The van der Waals surface area contributed by atoms with Crippen molar-refractivity contribution < 1.29 is 53.5 Å². The summed E-state index contributed by atoms with van der Waals surface area (Å²) >= 11 is 0. The standard InChI is InChI=1S/2C24H33N5O3S.2C24H31N5O3S/c4*1-7-16-11-18-19(12-21(16)33(6,31)32)28-9-10-29(22(14(3)4)23(28)27-18)24-25-13-17(15(5)26-24)20(30)8-2/h2*11-14,20,22,30H,7-10H2,1-6H3;2*11-14,22H,7-10H2,1-6H3/t2*20?,22-;2*22-/m1010/s1. The molecule has 0 saturated heterocycles. The second kappa shape index (κ2) is 39.1. The molecule has 0 fully saturated rings. The lowest BCUT2D eigenvalue weighted by molar-refractivity contribution is 0.0978. The average Bonchev–Trinajstić information content (AvgIpc) is 1.60. The highest BCUT2D eigenvalue weighted by molar-refractivity contribution is 7.91. The van der Waals surface area contributed by atoms with Crippen molar-refractivity contribution >= 4 is 119 Å². The number of carbonyl (C=O) groups is 2. The van der Waals surface area contributed by atoms with Gasteiger partial charge in [0.2, 0.25) is 23.8 Å². The van der Waals surface area contributed by atoms with Crippen LogP contribution in [0.25, 0.3) is 44.1 Å². The van der Waals surface area contributed by atoms with Crippen LogP contribution in [-0.4, -0.2) is 185 Å². The van der Waals surface area contributed by atoms with Crippen molar-refractivity contribution in [2.24, 2.45) is 23.7 Å². The van der Waals surface area contributed by atoms with Gasteiger partial charge in [-0.3, -0.25) is 9.59 Å². The van der Waals surface area contributed by atoms with Crippen LogP contribution in [0, 0.1) is 51.4 Å². The molecule has 2 unspecified atom stereocenters. The van der Waals surface area contributed by atoms with Gasteiger partial charge in [-0.25, -0.2) is 93.5 Å². The number of ketones is 2. The van der Waals surface area contributed by atoms with E-state index in [1.54, 1.807) is 49.1 Å². The van der Waals surface area contributed by atoms with E-state index in [9.17, 15) is 53.5 Å². The predicted octanol–water partition coefficient (Wildman–Crippen LogP) is 15.3. The van der Waals surface area contributed by atoms with Crippen molar-refractivity contribution in [1.82, 2.24) is 78.1 Å². The highest BCUT2D eigenvalue weighted by atomic mass is 32.2. The fourth-order valence-electron chi connectivity index (χ4n) is 19.1. The van der Waals surface area contributed by atoms with E-state index >= 15 is 0 Å². The minimum absolute atomic E-state index is 0.0355. The van der Waals surface area contributed by atoms with Crippen LogP contribution in [0.5, 0.6) is 0 Å². The van der Waals surface area contributed by atoms with Gasteiger partial charge in [-0.2, -0.15) is 0 Å². The summed E-state index contributed by atoms with van der Waals surface area (Å²) in [7, 11) is -13.4. The van der Waals surface area contributed by atoms with Crippen molar-refractivity contribution in [2.45, 2.75) is 272 Å². The number of nitrogens with zero attached hydrogens (tertiary/aromatic N) is 20. The number of Topliss-reactive ketones (excluding diaryl/α,β-unsaturated/α-hetero) is 2. The number of imidazole rings is 4. The van der Waals surface area contributed by atoms with Crippen LogP contribution in [0.2, 0.25) is 0 Å². The van der Waals surface area contributed by atoms with Crippen LogP contribution < -0.4 is 19.6 Å². The fourth-order valence-corrected chi connectivity index (χ4v) is 23.1. The number of benzene rings is 4. The normalized spacial score (nSPS) is 17.0. The first-order valence-electron chi connectivity index (χ1n) is 46.0. The van der Waals surface area contributed by atoms with E-state index in [0.717, 1.165) is 112 Å². The maximum atomic E-state index is 12.4. The smallest absolute Gasteiger partial charge is 0.226 e. The predicted molar refractivity (Wildman–Crippen MR) is 515 cm³/mol. The van der Waals surface area contributed by atoms with E-state index in [2.05, 4.69) is 123 Å². The number of sulfone groups is 4. The highest BCUT2D eigenvalue weighted by Crippen LogP contribution is 2.44. The summed E-state index contributed by atoms with van der Waals surface area (Å²) < 4.78 is 108. The molecule has 32 nitrogen and oxygen atoms in total. The van der Waals surface area contributed by atoms with Crippen molar-refractivity contribution in [2.75, 3.05) is 70.8 Å². The van der Waals surface area contributed by atoms with Gasteiger partial charge >= 0.3 is 0 Å². The van der Waals surface area contributed by atoms with E-state index in [1.165, 1.54) is 25.0 Å². The third-order valence-electron chi connectivity index (χ3n) is 25.9. The Morgan fingerprint density at radius 2 is 0.553 bits per heavy atom. The average molecular weight is 1880 g/mol. The van der Waals surface area contributed by atoms with E-state index in [-0.39, 0.29) is 59.4 Å². The zero-order valence-corrected chi connectivity index (χ0v) is 83.8. The lowest BCUT2D eigenvalue weighted by Crippen LogP contribution is -2.42. The molecule has 0 aliphatic carbocycles. The molecule has 12 heterocycles. The summed E-state index contributed by atoms with van der Waals surface area (Å²) in [5, 5.41) is 20.5. The number of aliphatic hydroxyl groups is 2. The first-order valence-corrected chi connectivity index (χ1v) is 53.6. The quantitative estimate of drug-likeness (QED) is 0.0531. The lowest BCUT2D eigenvalue weighted by atomic mass is 10.00. The van der Waals surface area contributed by atoms with E-state index in [4.69, 9.17) is 29.9 Å². The molecule has 12 aromatic rings. The van der Waals surface area contributed by atoms with Gasteiger partial charge in [-0.1, -0.05) is 111 Å². The molecule has 0 amide bonds. The number of anilines is 4. The fraction of sp³-hybridized carbons (Fsp3) is 0.521. The molecule has 0 spiro atoms. The summed E-state index contributed by atoms with van der Waals surface area (Å²) in [6, 6.07) is 14.5. The highest BCUT2D eigenvalue weighted by Gasteiger charge is 2.41. The third kappa shape index (κ3) is 19.4. The SMILES string of the molecule is CCC(=O)c1cnc(N2CCn3c(nc4cc(CC)c(S(C)(=O)=O)cc43)[C@@H]2C(C)C)nc1C.CCC(=O)c1cnc(N2CCn3c(nc4cc(CC)c(S(C)(=O)=O)cc43)[C@H]2C(C)C)nc1C.CCc1cc2nc3n(c2cc1S(C)(=O)=O)CCN(c1ncc(C(O)CC)c(C)n1)[C@@H]3C(C)C.CCc1cc2nc3n(c2cc1S(C)(=O)=O)CCN(c1ncc(C(O)CC)c(C)n1)[C@H]3C(C)C. The number of hydrogen-bond acceptors (Lipinski definition) is 28. The Morgan fingerprint density at radius 3 is 0.735 bits per heavy atom. The largest absolute Gasteiger partial charge is 0.388 e. The molecule has 8 aromatic heterocycles. The van der Waals surface area contributed by atoms with Gasteiger partial charge in [0.05, 0.1) is 123 Å². The summed E-state index contributed by atoms with van der Waals surface area (Å²) in [6.07, 6.45) is 15.2. The topological polar surface area (TPSA) is 399 Å². The number of aryl methyl sites for hydroxylation is 8. The van der Waals surface area contributed by atoms with E-state index < -0.39 is 51.6 Å².